The Morgan fingerprint density at radius 3 is 2.62 bits per heavy atom. The quantitative estimate of drug-likeness (QED) is 0.380. The molecule has 2 aromatic carbocycles. The molecule has 1 aliphatic heterocycles. The Kier molecular flexibility index (Phi) is 5.99. The van der Waals surface area contributed by atoms with E-state index in [-0.39, 0.29) is 11.3 Å². The average Bonchev–Trinajstić information content (AvgIpc) is 3.34. The molecule has 0 saturated carbocycles. The normalized spacial score (nSPS) is 16.3. The number of Topliss-reactive ketones (excluding diaryl/α,β-unsaturated/α-hetero) is 1. The number of unbranched alkanes of at least 4 members (excludes halogenated alkanes) is 2. The first-order valence-corrected chi connectivity index (χ1v) is 10.6. The Labute approximate surface area is 184 Å². The van der Waals surface area contributed by atoms with Gasteiger partial charge in [0.15, 0.2) is 22.9 Å². The summed E-state index contributed by atoms with van der Waals surface area (Å²) in [5.41, 5.74) is 0.870. The zero-order chi connectivity index (χ0) is 22.8. The summed E-state index contributed by atoms with van der Waals surface area (Å²) in [6, 6.07) is 11.6. The van der Waals surface area contributed by atoms with Crippen LogP contribution in [0.3, 0.4) is 0 Å². The number of ether oxygens (including phenoxy) is 1. The zero-order valence-electron chi connectivity index (χ0n) is 17.9. The van der Waals surface area contributed by atoms with Crippen LogP contribution in [0, 0.1) is 5.82 Å². The van der Waals surface area contributed by atoms with Gasteiger partial charge in [-0.1, -0.05) is 44.0 Å². The monoisotopic (exact) mass is 437 g/mol. The molecule has 1 N–H and O–H groups in total. The molecule has 166 valence electrons. The van der Waals surface area contributed by atoms with Crippen molar-refractivity contribution in [3.05, 3.63) is 77.0 Å². The summed E-state index contributed by atoms with van der Waals surface area (Å²) in [5, 5.41) is 11.4. The fourth-order valence-electron chi connectivity index (χ4n) is 4.08. The van der Waals surface area contributed by atoms with Crippen LogP contribution >= 0.6 is 0 Å². The lowest BCUT2D eigenvalue weighted by atomic mass is 9.95. The molecule has 0 bridgehead atoms. The summed E-state index contributed by atoms with van der Waals surface area (Å²) in [5.74, 6) is -1.79. The van der Waals surface area contributed by atoms with Crippen molar-refractivity contribution in [1.82, 2.24) is 4.90 Å². The van der Waals surface area contributed by atoms with E-state index in [2.05, 4.69) is 0 Å². The van der Waals surface area contributed by atoms with Crippen molar-refractivity contribution in [2.45, 2.75) is 32.2 Å². The summed E-state index contributed by atoms with van der Waals surface area (Å²) < 4.78 is 24.6. The molecule has 0 aliphatic carbocycles. The van der Waals surface area contributed by atoms with Crippen molar-refractivity contribution in [3.8, 4) is 5.75 Å². The highest BCUT2D eigenvalue weighted by Crippen LogP contribution is 2.40. The Morgan fingerprint density at radius 2 is 1.94 bits per heavy atom. The molecule has 3 aromatic rings. The number of ketones is 1. The molecule has 1 unspecified atom stereocenters. The van der Waals surface area contributed by atoms with Gasteiger partial charge >= 0.3 is 0 Å². The van der Waals surface area contributed by atoms with E-state index in [1.54, 1.807) is 24.3 Å². The number of aliphatic hydroxyl groups is 1. The fraction of sp³-hybridized carbons (Fsp3) is 0.280. The minimum Gasteiger partial charge on any atom is -0.503 e. The van der Waals surface area contributed by atoms with E-state index in [1.807, 2.05) is 6.92 Å². The second-order valence-corrected chi connectivity index (χ2v) is 7.74. The van der Waals surface area contributed by atoms with Gasteiger partial charge in [-0.25, -0.2) is 4.39 Å². The number of halogens is 1. The standard InChI is InChI=1S/C25H24FNO5/c1-3-4-5-13-27-21(15-9-11-17(26)12-10-15)20(23(29)25(27)30)22(28)19-14-16-7-6-8-18(31-2)24(16)32-19/h6-12,14,21,29H,3-5,13H2,1-2H3. The van der Waals surface area contributed by atoms with E-state index in [9.17, 15) is 19.1 Å². The highest BCUT2D eigenvalue weighted by atomic mass is 19.1. The smallest absolute Gasteiger partial charge is 0.290 e. The number of carbonyl (C=O) groups is 2. The number of hydrogen-bond donors (Lipinski definition) is 1. The van der Waals surface area contributed by atoms with Crippen molar-refractivity contribution in [2.24, 2.45) is 0 Å². The van der Waals surface area contributed by atoms with Crippen LogP contribution in [0.4, 0.5) is 4.39 Å². The lowest BCUT2D eigenvalue weighted by Gasteiger charge is -2.26. The third-order valence-electron chi connectivity index (χ3n) is 5.69. The summed E-state index contributed by atoms with van der Waals surface area (Å²) in [6.45, 7) is 2.41. The average molecular weight is 437 g/mol. The van der Waals surface area contributed by atoms with Gasteiger partial charge in [0.1, 0.15) is 5.82 Å². The molecule has 1 aromatic heterocycles. The van der Waals surface area contributed by atoms with Crippen molar-refractivity contribution >= 4 is 22.7 Å². The van der Waals surface area contributed by atoms with Gasteiger partial charge in [-0.15, -0.1) is 0 Å². The maximum atomic E-state index is 13.5. The number of nitrogens with zero attached hydrogens (tertiary/aromatic N) is 1. The Bertz CT molecular complexity index is 1190. The van der Waals surface area contributed by atoms with E-state index < -0.39 is 29.3 Å². The Morgan fingerprint density at radius 1 is 1.19 bits per heavy atom. The van der Waals surface area contributed by atoms with Crippen molar-refractivity contribution in [1.29, 1.82) is 0 Å². The molecule has 0 spiro atoms. The first-order chi connectivity index (χ1) is 15.5. The topological polar surface area (TPSA) is 80.0 Å². The number of aliphatic hydroxyl groups excluding tert-OH is 1. The van der Waals surface area contributed by atoms with Crippen LogP contribution in [0.1, 0.15) is 48.3 Å². The first-order valence-electron chi connectivity index (χ1n) is 10.6. The van der Waals surface area contributed by atoms with Crippen molar-refractivity contribution in [2.75, 3.05) is 13.7 Å². The third kappa shape index (κ3) is 3.75. The second-order valence-electron chi connectivity index (χ2n) is 7.74. The number of amides is 1. The summed E-state index contributed by atoms with van der Waals surface area (Å²) >= 11 is 0. The maximum absolute atomic E-state index is 13.5. The van der Waals surface area contributed by atoms with Crippen LogP contribution in [-0.4, -0.2) is 35.4 Å². The number of hydrogen-bond acceptors (Lipinski definition) is 5. The van der Waals surface area contributed by atoms with Crippen molar-refractivity contribution < 1.29 is 28.2 Å². The number of rotatable bonds is 8. The van der Waals surface area contributed by atoms with Gasteiger partial charge in [0.2, 0.25) is 5.78 Å². The number of benzene rings is 2. The summed E-state index contributed by atoms with van der Waals surface area (Å²) in [6.07, 6.45) is 2.57. The van der Waals surface area contributed by atoms with Crippen LogP contribution < -0.4 is 4.74 Å². The lowest BCUT2D eigenvalue weighted by molar-refractivity contribution is -0.129. The molecule has 2 heterocycles. The molecule has 32 heavy (non-hydrogen) atoms. The molecule has 0 saturated heterocycles. The molecule has 1 aliphatic rings. The minimum absolute atomic E-state index is 0.0126. The van der Waals surface area contributed by atoms with Gasteiger partial charge < -0.3 is 19.2 Å². The molecular formula is C25H24FNO5. The van der Waals surface area contributed by atoms with Crippen LogP contribution in [0.15, 0.2) is 64.3 Å². The number of methoxy groups -OCH3 is 1. The summed E-state index contributed by atoms with van der Waals surface area (Å²) in [7, 11) is 1.50. The van der Waals surface area contributed by atoms with Gasteiger partial charge in [0, 0.05) is 11.9 Å². The summed E-state index contributed by atoms with van der Waals surface area (Å²) in [4.78, 5) is 27.9. The van der Waals surface area contributed by atoms with E-state index >= 15 is 0 Å². The first kappa shape index (κ1) is 21.6. The van der Waals surface area contributed by atoms with Crippen LogP contribution in [0.5, 0.6) is 5.75 Å². The predicted molar refractivity (Wildman–Crippen MR) is 117 cm³/mol. The molecular weight excluding hydrogens is 413 g/mol. The van der Waals surface area contributed by atoms with Gasteiger partial charge in [0.25, 0.3) is 5.91 Å². The van der Waals surface area contributed by atoms with Crippen LogP contribution in [0.25, 0.3) is 11.0 Å². The maximum Gasteiger partial charge on any atom is 0.290 e. The van der Waals surface area contributed by atoms with Crippen molar-refractivity contribution in [3.63, 3.8) is 0 Å². The van der Waals surface area contributed by atoms with E-state index in [1.165, 1.54) is 36.3 Å². The molecule has 1 amide bonds. The van der Waals surface area contributed by atoms with Crippen LogP contribution in [0.2, 0.25) is 0 Å². The fourth-order valence-corrected chi connectivity index (χ4v) is 4.08. The zero-order valence-corrected chi connectivity index (χ0v) is 17.9. The van der Waals surface area contributed by atoms with Gasteiger partial charge in [-0.3, -0.25) is 9.59 Å². The predicted octanol–water partition coefficient (Wildman–Crippen LogP) is 5.35. The largest absolute Gasteiger partial charge is 0.503 e. The number of furan rings is 1. The Balaban J connectivity index is 1.78. The highest BCUT2D eigenvalue weighted by Gasteiger charge is 2.44. The molecule has 7 heteroatoms. The minimum atomic E-state index is -0.831. The van der Waals surface area contributed by atoms with E-state index in [4.69, 9.17) is 9.15 Å². The number of fused-ring (bicyclic) bond motifs is 1. The number of para-hydroxylation sites is 1. The Hall–Kier alpha value is -3.61. The molecule has 6 nitrogen and oxygen atoms in total. The van der Waals surface area contributed by atoms with Gasteiger partial charge in [0.05, 0.1) is 18.7 Å². The second kappa shape index (κ2) is 8.86. The van der Waals surface area contributed by atoms with Gasteiger partial charge in [-0.05, 0) is 36.2 Å². The molecule has 4 rings (SSSR count). The molecule has 1 atom stereocenters. The SMILES string of the molecule is CCCCCN1C(=O)C(O)=C(C(=O)c2cc3cccc(OC)c3o2)C1c1ccc(F)cc1. The van der Waals surface area contributed by atoms with Gasteiger partial charge in [-0.2, -0.15) is 0 Å². The number of carbonyl (C=O) groups excluding carboxylic acids is 2. The van der Waals surface area contributed by atoms with Crippen LogP contribution in [-0.2, 0) is 4.79 Å². The molecule has 0 radical (unpaired) electrons. The molecule has 0 fully saturated rings. The van der Waals surface area contributed by atoms with E-state index in [0.717, 1.165) is 19.3 Å². The highest BCUT2D eigenvalue weighted by molar-refractivity contribution is 6.16. The van der Waals surface area contributed by atoms with E-state index in [0.29, 0.717) is 28.8 Å². The lowest BCUT2D eigenvalue weighted by Crippen LogP contribution is -2.32. The third-order valence-corrected chi connectivity index (χ3v) is 5.69.